The molecule has 4 aromatic rings. The van der Waals surface area contributed by atoms with E-state index in [-0.39, 0.29) is 44.9 Å². The molecule has 8 nitrogen and oxygen atoms in total. The number of aromatic hydroxyl groups is 1. The van der Waals surface area contributed by atoms with Crippen LogP contribution in [-0.2, 0) is 0 Å². The zero-order valence-corrected chi connectivity index (χ0v) is 26.3. The van der Waals surface area contributed by atoms with Gasteiger partial charge in [-0.05, 0) is 82.1 Å². The van der Waals surface area contributed by atoms with Crippen LogP contribution in [0.25, 0.3) is 32.9 Å². The van der Waals surface area contributed by atoms with Crippen LogP contribution in [0.15, 0.2) is 30.5 Å². The number of pyridine rings is 1. The minimum Gasteiger partial charge on any atom is -0.508 e. The topological polar surface area (TPSA) is 94.8 Å². The molecule has 1 aliphatic carbocycles. The number of hydrogen-bond acceptors (Lipinski definition) is 8. The smallest absolute Gasteiger partial charge is 0.319 e. The molecule has 3 atom stereocenters. The van der Waals surface area contributed by atoms with E-state index in [4.69, 9.17) is 16.1 Å². The van der Waals surface area contributed by atoms with Crippen molar-refractivity contribution >= 4 is 27.5 Å². The lowest BCUT2D eigenvalue weighted by Crippen LogP contribution is -2.50. The lowest BCUT2D eigenvalue weighted by molar-refractivity contribution is 0.0131. The second kappa shape index (κ2) is 11.6. The highest BCUT2D eigenvalue weighted by Crippen LogP contribution is 2.48. The van der Waals surface area contributed by atoms with Crippen molar-refractivity contribution in [2.45, 2.75) is 69.9 Å². The minimum atomic E-state index is -0.901. The van der Waals surface area contributed by atoms with Crippen LogP contribution >= 0.6 is 0 Å². The Kier molecular flexibility index (Phi) is 7.73. The van der Waals surface area contributed by atoms with Gasteiger partial charge in [-0.3, -0.25) is 4.98 Å². The lowest BCUT2D eigenvalue weighted by atomic mass is 9.76. The van der Waals surface area contributed by atoms with Crippen LogP contribution in [0, 0.1) is 29.4 Å². The van der Waals surface area contributed by atoms with Gasteiger partial charge in [0.25, 0.3) is 0 Å². The summed E-state index contributed by atoms with van der Waals surface area (Å²) in [6.07, 6.45) is 14.6. The fourth-order valence-corrected chi connectivity index (χ4v) is 8.23. The fourth-order valence-electron chi connectivity index (χ4n) is 8.23. The number of aliphatic hydroxyl groups is 1. The summed E-state index contributed by atoms with van der Waals surface area (Å²) in [5.41, 5.74) is -0.944. The second-order valence-corrected chi connectivity index (χ2v) is 13.4. The van der Waals surface area contributed by atoms with Crippen molar-refractivity contribution in [2.24, 2.45) is 5.41 Å². The normalized spacial score (nSPS) is 25.1. The first-order chi connectivity index (χ1) is 22.1. The summed E-state index contributed by atoms with van der Waals surface area (Å²) in [6.45, 7) is 4.39. The number of phenolic OH excluding ortho intramolecular Hbond substituents is 1. The number of likely N-dealkylation sites (tertiary alicyclic amines) is 1. The number of fused-ring (bicyclic) bond motifs is 3. The Balaban J connectivity index is 1.38. The predicted octanol–water partition coefficient (Wildman–Crippen LogP) is 6.19. The SMILES string of the molecule is C#Cc1c(F)ccc2cc(O)cc(-c3ncc4c(N5CCCC(O)(CC)C5)nc(OC[C@]56CCC[C@H]5N(C)CCC6)nc4c3F)c12. The van der Waals surface area contributed by atoms with E-state index in [9.17, 15) is 14.6 Å². The molecular weight excluding hydrogens is 588 g/mol. The van der Waals surface area contributed by atoms with Gasteiger partial charge >= 0.3 is 6.01 Å². The number of terminal acetylenes is 1. The number of β-amino-alcohol motifs (C(OH)–C–C–N with tert-alkyl or cyclic N) is 1. The third kappa shape index (κ3) is 5.10. The number of rotatable bonds is 6. The quantitative estimate of drug-likeness (QED) is 0.244. The summed E-state index contributed by atoms with van der Waals surface area (Å²) >= 11 is 0. The molecule has 4 heterocycles. The number of nitrogens with zero attached hydrogens (tertiary/aromatic N) is 5. The zero-order valence-electron chi connectivity index (χ0n) is 26.3. The third-order valence-corrected chi connectivity index (χ3v) is 10.7. The maximum Gasteiger partial charge on any atom is 0.319 e. The van der Waals surface area contributed by atoms with E-state index < -0.39 is 17.2 Å². The molecular formula is C36H39F2N5O3. The maximum absolute atomic E-state index is 16.8. The molecule has 240 valence electrons. The number of anilines is 1. The number of ether oxygens (including phenoxy) is 1. The Morgan fingerprint density at radius 2 is 1.91 bits per heavy atom. The molecule has 2 saturated heterocycles. The van der Waals surface area contributed by atoms with Crippen molar-refractivity contribution in [1.82, 2.24) is 19.9 Å². The molecule has 2 aromatic heterocycles. The average Bonchev–Trinajstić information content (AvgIpc) is 3.49. The van der Waals surface area contributed by atoms with Crippen molar-refractivity contribution < 1.29 is 23.7 Å². The number of benzene rings is 2. The van der Waals surface area contributed by atoms with E-state index in [0.29, 0.717) is 55.2 Å². The molecule has 1 saturated carbocycles. The standard InChI is InChI=1S/C36H39F2N5O3/c1-4-24-27(37)11-10-22-17-23(44)18-25(29(22)24)31-30(38)32-26(19-39-31)33(43-16-8-14-36(45,5-2)20-43)41-34(40-32)46-21-35-12-6-9-28(35)42(3)15-7-13-35/h1,10-11,17-19,28,44-45H,5-9,12-16,20-21H2,2-3H3/t28-,35-,36?/m1/s1. The number of piperidine rings is 2. The molecule has 46 heavy (non-hydrogen) atoms. The van der Waals surface area contributed by atoms with E-state index in [0.717, 1.165) is 45.1 Å². The van der Waals surface area contributed by atoms with E-state index in [1.54, 1.807) is 0 Å². The summed E-state index contributed by atoms with van der Waals surface area (Å²) in [6, 6.07) is 5.98. The van der Waals surface area contributed by atoms with Crippen molar-refractivity contribution in [3.63, 3.8) is 0 Å². The van der Waals surface area contributed by atoms with Crippen LogP contribution in [0.3, 0.4) is 0 Å². The summed E-state index contributed by atoms with van der Waals surface area (Å²) < 4.78 is 38.1. The maximum atomic E-state index is 16.8. The highest BCUT2D eigenvalue weighted by atomic mass is 19.1. The molecule has 2 aromatic carbocycles. The fraction of sp³-hybridized carbons (Fsp3) is 0.472. The van der Waals surface area contributed by atoms with Gasteiger partial charge in [-0.2, -0.15) is 9.97 Å². The Hall–Kier alpha value is -4.07. The third-order valence-electron chi connectivity index (χ3n) is 10.7. The van der Waals surface area contributed by atoms with E-state index in [2.05, 4.69) is 27.8 Å². The van der Waals surface area contributed by atoms with Gasteiger partial charge in [0, 0.05) is 41.7 Å². The summed E-state index contributed by atoms with van der Waals surface area (Å²) in [7, 11) is 2.17. The molecule has 0 amide bonds. The molecule has 2 aliphatic heterocycles. The van der Waals surface area contributed by atoms with E-state index in [1.807, 2.05) is 11.8 Å². The van der Waals surface area contributed by atoms with Gasteiger partial charge < -0.3 is 24.7 Å². The highest BCUT2D eigenvalue weighted by molar-refractivity contribution is 6.03. The van der Waals surface area contributed by atoms with Crippen molar-refractivity contribution in [1.29, 1.82) is 0 Å². The van der Waals surface area contributed by atoms with Gasteiger partial charge in [-0.25, -0.2) is 8.78 Å². The van der Waals surface area contributed by atoms with Crippen LogP contribution in [0.4, 0.5) is 14.6 Å². The molecule has 1 unspecified atom stereocenters. The first kappa shape index (κ1) is 30.6. The van der Waals surface area contributed by atoms with Crippen molar-refractivity contribution in [3.8, 4) is 35.4 Å². The molecule has 0 bridgehead atoms. The Labute approximate surface area is 267 Å². The van der Waals surface area contributed by atoms with Gasteiger partial charge in [-0.15, -0.1) is 6.42 Å². The van der Waals surface area contributed by atoms with Gasteiger partial charge in [0.1, 0.15) is 28.6 Å². The Bertz CT molecular complexity index is 1880. The van der Waals surface area contributed by atoms with Gasteiger partial charge in [-0.1, -0.05) is 25.3 Å². The van der Waals surface area contributed by atoms with Crippen LogP contribution < -0.4 is 9.64 Å². The van der Waals surface area contributed by atoms with E-state index in [1.165, 1.54) is 30.5 Å². The van der Waals surface area contributed by atoms with Crippen molar-refractivity contribution in [2.75, 3.05) is 38.2 Å². The predicted molar refractivity (Wildman–Crippen MR) is 174 cm³/mol. The van der Waals surface area contributed by atoms with Crippen LogP contribution in [-0.4, -0.2) is 75.0 Å². The first-order valence-corrected chi connectivity index (χ1v) is 16.2. The summed E-state index contributed by atoms with van der Waals surface area (Å²) in [5.74, 6) is 1.30. The van der Waals surface area contributed by atoms with Gasteiger partial charge in [0.05, 0.1) is 23.2 Å². The molecule has 7 rings (SSSR count). The number of halogens is 2. The monoisotopic (exact) mass is 627 g/mol. The lowest BCUT2D eigenvalue weighted by Gasteiger charge is -2.44. The molecule has 10 heteroatoms. The second-order valence-electron chi connectivity index (χ2n) is 13.4. The summed E-state index contributed by atoms with van der Waals surface area (Å²) in [4.78, 5) is 18.3. The number of hydrogen-bond donors (Lipinski definition) is 2. The minimum absolute atomic E-state index is 0.00741. The van der Waals surface area contributed by atoms with Crippen LogP contribution in [0.1, 0.15) is 63.9 Å². The van der Waals surface area contributed by atoms with Crippen LogP contribution in [0.2, 0.25) is 0 Å². The zero-order chi connectivity index (χ0) is 32.2. The molecule has 2 N–H and O–H groups in total. The van der Waals surface area contributed by atoms with Crippen molar-refractivity contribution in [3.05, 3.63) is 47.7 Å². The van der Waals surface area contributed by atoms with Gasteiger partial charge in [0.15, 0.2) is 5.82 Å². The summed E-state index contributed by atoms with van der Waals surface area (Å²) in [5, 5.41) is 22.9. The number of aromatic nitrogens is 3. The first-order valence-electron chi connectivity index (χ1n) is 16.2. The Morgan fingerprint density at radius 1 is 1.11 bits per heavy atom. The average molecular weight is 628 g/mol. The molecule has 0 spiro atoms. The number of phenols is 1. The molecule has 0 radical (unpaired) electrons. The largest absolute Gasteiger partial charge is 0.508 e. The Morgan fingerprint density at radius 3 is 2.72 bits per heavy atom. The van der Waals surface area contributed by atoms with E-state index >= 15 is 4.39 Å². The molecule has 3 fully saturated rings. The van der Waals surface area contributed by atoms with Crippen LogP contribution in [0.5, 0.6) is 11.8 Å². The van der Waals surface area contributed by atoms with Gasteiger partial charge in [0.2, 0.25) is 0 Å². The molecule has 3 aliphatic rings. The highest BCUT2D eigenvalue weighted by Gasteiger charge is 2.47.